The summed E-state index contributed by atoms with van der Waals surface area (Å²) in [6, 6.07) is 16.5. The molecule has 0 atom stereocenters. The molecule has 2 aromatic carbocycles. The molecule has 0 spiro atoms. The highest BCUT2D eigenvalue weighted by Gasteiger charge is 2.07. The number of benzene rings is 2. The molecule has 0 saturated heterocycles. The summed E-state index contributed by atoms with van der Waals surface area (Å²) < 4.78 is 5.63. The van der Waals surface area contributed by atoms with Crippen LogP contribution >= 0.6 is 0 Å². The van der Waals surface area contributed by atoms with Crippen molar-refractivity contribution in [1.29, 1.82) is 0 Å². The molecule has 0 aliphatic rings. The molecule has 5 heteroatoms. The SMILES string of the molecule is CC(C)C(=O)Nc1ccc(NC(=O)/C=C/c2cc3ccccc3o2)cc1. The highest BCUT2D eigenvalue weighted by atomic mass is 16.3. The van der Waals surface area contributed by atoms with Gasteiger partial charge in [0.05, 0.1) is 0 Å². The zero-order chi connectivity index (χ0) is 18.5. The summed E-state index contributed by atoms with van der Waals surface area (Å²) in [5.41, 5.74) is 2.12. The first-order chi connectivity index (χ1) is 12.5. The summed E-state index contributed by atoms with van der Waals surface area (Å²) >= 11 is 0. The van der Waals surface area contributed by atoms with Crippen molar-refractivity contribution in [3.05, 3.63) is 66.4 Å². The number of rotatable bonds is 5. The van der Waals surface area contributed by atoms with E-state index in [4.69, 9.17) is 4.42 Å². The van der Waals surface area contributed by atoms with Gasteiger partial charge in [-0.1, -0.05) is 32.0 Å². The van der Waals surface area contributed by atoms with E-state index in [1.54, 1.807) is 30.3 Å². The Morgan fingerprint density at radius 1 is 0.962 bits per heavy atom. The van der Waals surface area contributed by atoms with E-state index in [1.807, 2.05) is 44.2 Å². The standard InChI is InChI=1S/C21H20N2O3/c1-14(2)21(25)23-17-9-7-16(8-10-17)22-20(24)12-11-18-13-15-5-3-4-6-19(15)26-18/h3-14H,1-2H3,(H,22,24)(H,23,25)/b12-11+. The minimum absolute atomic E-state index is 0.0458. The van der Waals surface area contributed by atoms with Crippen LogP contribution < -0.4 is 10.6 Å². The number of fused-ring (bicyclic) bond motifs is 1. The van der Waals surface area contributed by atoms with Crippen LogP contribution in [0.2, 0.25) is 0 Å². The molecule has 2 N–H and O–H groups in total. The Hall–Kier alpha value is -3.34. The van der Waals surface area contributed by atoms with Gasteiger partial charge >= 0.3 is 0 Å². The van der Waals surface area contributed by atoms with Crippen LogP contribution in [-0.2, 0) is 9.59 Å². The first-order valence-electron chi connectivity index (χ1n) is 8.40. The van der Waals surface area contributed by atoms with Crippen molar-refractivity contribution in [2.45, 2.75) is 13.8 Å². The number of nitrogens with one attached hydrogen (secondary N) is 2. The lowest BCUT2D eigenvalue weighted by Gasteiger charge is -2.08. The van der Waals surface area contributed by atoms with E-state index in [9.17, 15) is 9.59 Å². The molecule has 0 aliphatic heterocycles. The predicted octanol–water partition coefficient (Wildman–Crippen LogP) is 4.68. The predicted molar refractivity (Wildman–Crippen MR) is 104 cm³/mol. The fourth-order valence-electron chi connectivity index (χ4n) is 2.35. The van der Waals surface area contributed by atoms with E-state index in [1.165, 1.54) is 6.08 Å². The van der Waals surface area contributed by atoms with Crippen molar-refractivity contribution < 1.29 is 14.0 Å². The number of hydrogen-bond acceptors (Lipinski definition) is 3. The summed E-state index contributed by atoms with van der Waals surface area (Å²) in [6.07, 6.45) is 3.05. The van der Waals surface area contributed by atoms with Crippen LogP contribution in [-0.4, -0.2) is 11.8 Å². The molecule has 0 fully saturated rings. The average molecular weight is 348 g/mol. The molecule has 0 aliphatic carbocycles. The highest BCUT2D eigenvalue weighted by molar-refractivity contribution is 6.02. The Labute approximate surface area is 151 Å². The van der Waals surface area contributed by atoms with Crippen LogP contribution in [0.4, 0.5) is 11.4 Å². The molecule has 1 aromatic heterocycles. The number of carbonyl (C=O) groups is 2. The van der Waals surface area contributed by atoms with Gasteiger partial charge < -0.3 is 15.1 Å². The Morgan fingerprint density at radius 3 is 2.27 bits per heavy atom. The van der Waals surface area contributed by atoms with Gasteiger partial charge in [0.15, 0.2) is 0 Å². The lowest BCUT2D eigenvalue weighted by molar-refractivity contribution is -0.119. The Kier molecular flexibility index (Phi) is 5.17. The van der Waals surface area contributed by atoms with E-state index >= 15 is 0 Å². The molecule has 0 bridgehead atoms. The summed E-state index contributed by atoms with van der Waals surface area (Å²) in [5, 5.41) is 6.56. The van der Waals surface area contributed by atoms with Crippen molar-refractivity contribution in [3.63, 3.8) is 0 Å². The van der Waals surface area contributed by atoms with Gasteiger partial charge in [-0.25, -0.2) is 0 Å². The first kappa shape index (κ1) is 17.5. The van der Waals surface area contributed by atoms with Gasteiger partial charge in [0.2, 0.25) is 11.8 Å². The van der Waals surface area contributed by atoms with Crippen molar-refractivity contribution >= 4 is 40.2 Å². The largest absolute Gasteiger partial charge is 0.457 e. The van der Waals surface area contributed by atoms with E-state index in [2.05, 4.69) is 10.6 Å². The molecule has 5 nitrogen and oxygen atoms in total. The van der Waals surface area contributed by atoms with E-state index in [-0.39, 0.29) is 17.7 Å². The number of furan rings is 1. The minimum Gasteiger partial charge on any atom is -0.457 e. The molecule has 2 amide bonds. The number of carbonyl (C=O) groups excluding carboxylic acids is 2. The lowest BCUT2D eigenvalue weighted by atomic mass is 10.2. The quantitative estimate of drug-likeness (QED) is 0.658. The molecular weight excluding hydrogens is 328 g/mol. The second-order valence-corrected chi connectivity index (χ2v) is 6.23. The van der Waals surface area contributed by atoms with Gasteiger partial charge in [0, 0.05) is 28.8 Å². The Balaban J connectivity index is 1.59. The molecule has 0 unspecified atom stereocenters. The van der Waals surface area contributed by atoms with E-state index < -0.39 is 0 Å². The highest BCUT2D eigenvalue weighted by Crippen LogP contribution is 2.20. The maximum atomic E-state index is 12.0. The van der Waals surface area contributed by atoms with Crippen molar-refractivity contribution in [1.82, 2.24) is 0 Å². The second-order valence-electron chi connectivity index (χ2n) is 6.23. The van der Waals surface area contributed by atoms with Gasteiger partial charge in [-0.15, -0.1) is 0 Å². The first-order valence-corrected chi connectivity index (χ1v) is 8.40. The Bertz CT molecular complexity index is 920. The van der Waals surface area contributed by atoms with Crippen LogP contribution in [0.3, 0.4) is 0 Å². The molecule has 26 heavy (non-hydrogen) atoms. The number of para-hydroxylation sites is 1. The summed E-state index contributed by atoms with van der Waals surface area (Å²) in [4.78, 5) is 23.7. The third-order valence-corrected chi connectivity index (χ3v) is 3.79. The van der Waals surface area contributed by atoms with Crippen LogP contribution in [0.15, 0.2) is 65.1 Å². The summed E-state index contributed by atoms with van der Waals surface area (Å²) in [6.45, 7) is 3.66. The van der Waals surface area contributed by atoms with Gasteiger partial charge in [-0.05, 0) is 42.5 Å². The summed E-state index contributed by atoms with van der Waals surface area (Å²) in [7, 11) is 0. The molecule has 0 radical (unpaired) electrons. The van der Waals surface area contributed by atoms with Crippen LogP contribution in [0, 0.1) is 5.92 Å². The van der Waals surface area contributed by atoms with Gasteiger partial charge in [-0.2, -0.15) is 0 Å². The monoisotopic (exact) mass is 348 g/mol. The minimum atomic E-state index is -0.260. The normalized spacial score (nSPS) is 11.2. The van der Waals surface area contributed by atoms with E-state index in [0.717, 1.165) is 11.0 Å². The number of amides is 2. The number of hydrogen-bond donors (Lipinski definition) is 2. The lowest BCUT2D eigenvalue weighted by Crippen LogP contribution is -2.17. The molecular formula is C21H20N2O3. The van der Waals surface area contributed by atoms with E-state index in [0.29, 0.717) is 17.1 Å². The van der Waals surface area contributed by atoms with Gasteiger partial charge in [0.1, 0.15) is 11.3 Å². The molecule has 0 saturated carbocycles. The second kappa shape index (κ2) is 7.70. The zero-order valence-corrected chi connectivity index (χ0v) is 14.7. The van der Waals surface area contributed by atoms with Crippen molar-refractivity contribution in [3.8, 4) is 0 Å². The maximum Gasteiger partial charge on any atom is 0.248 e. The Morgan fingerprint density at radius 2 is 1.62 bits per heavy atom. The van der Waals surface area contributed by atoms with Gasteiger partial charge in [-0.3, -0.25) is 9.59 Å². The van der Waals surface area contributed by atoms with Crippen molar-refractivity contribution in [2.75, 3.05) is 10.6 Å². The summed E-state index contributed by atoms with van der Waals surface area (Å²) in [5.74, 6) is 0.228. The smallest absolute Gasteiger partial charge is 0.248 e. The molecule has 3 rings (SSSR count). The fourth-order valence-corrected chi connectivity index (χ4v) is 2.35. The third-order valence-electron chi connectivity index (χ3n) is 3.79. The zero-order valence-electron chi connectivity index (χ0n) is 14.7. The molecule has 1 heterocycles. The van der Waals surface area contributed by atoms with Crippen LogP contribution in [0.1, 0.15) is 19.6 Å². The molecule has 132 valence electrons. The average Bonchev–Trinajstić information content (AvgIpc) is 3.04. The number of anilines is 2. The topological polar surface area (TPSA) is 71.3 Å². The van der Waals surface area contributed by atoms with Crippen LogP contribution in [0.5, 0.6) is 0 Å². The van der Waals surface area contributed by atoms with Crippen molar-refractivity contribution in [2.24, 2.45) is 5.92 Å². The maximum absolute atomic E-state index is 12.0. The van der Waals surface area contributed by atoms with Crippen LogP contribution in [0.25, 0.3) is 17.0 Å². The fraction of sp³-hybridized carbons (Fsp3) is 0.143. The third kappa shape index (κ3) is 4.39. The molecule has 3 aromatic rings. The van der Waals surface area contributed by atoms with Gasteiger partial charge in [0.25, 0.3) is 0 Å².